The third kappa shape index (κ3) is 2.96. The predicted molar refractivity (Wildman–Crippen MR) is 58.6 cm³/mol. The molecule has 0 amide bonds. The molecule has 0 aliphatic heterocycles. The molecule has 0 aliphatic rings. The zero-order valence-electron chi connectivity index (χ0n) is 7.00. The van der Waals surface area contributed by atoms with Crippen molar-refractivity contribution >= 4 is 28.6 Å². The second kappa shape index (κ2) is 5.18. The van der Waals surface area contributed by atoms with Crippen LogP contribution in [0.1, 0.15) is 15.9 Å². The average Bonchev–Trinajstić information content (AvgIpc) is 2.18. The van der Waals surface area contributed by atoms with E-state index in [4.69, 9.17) is 10.5 Å². The molecule has 70 valence electrons. The van der Waals surface area contributed by atoms with Gasteiger partial charge in [-0.25, -0.2) is 4.79 Å². The highest BCUT2D eigenvalue weighted by Gasteiger charge is 2.04. The van der Waals surface area contributed by atoms with Crippen molar-refractivity contribution in [1.82, 2.24) is 0 Å². The first-order valence-corrected chi connectivity index (χ1v) is 5.32. The molecule has 13 heavy (non-hydrogen) atoms. The number of benzene rings is 1. The zero-order valence-corrected chi connectivity index (χ0v) is 9.15. The fraction of sp³-hybridized carbons (Fsp3) is 0.222. The van der Waals surface area contributed by atoms with Gasteiger partial charge < -0.3 is 10.5 Å². The summed E-state index contributed by atoms with van der Waals surface area (Å²) in [4.78, 5) is 11.2. The lowest BCUT2D eigenvalue weighted by molar-refractivity contribution is 0.0590. The lowest BCUT2D eigenvalue weighted by Gasteiger charge is -2.01. The number of nitrogens with two attached hydrogens (primary N) is 1. The van der Waals surface area contributed by atoms with Crippen molar-refractivity contribution in [2.24, 2.45) is 5.73 Å². The minimum absolute atomic E-state index is 0.294. The summed E-state index contributed by atoms with van der Waals surface area (Å²) >= 11 is 1.98. The maximum Gasteiger partial charge on any atom is 0.338 e. The topological polar surface area (TPSA) is 52.3 Å². The van der Waals surface area contributed by atoms with Crippen LogP contribution in [-0.2, 0) is 11.3 Å². The number of esters is 1. The molecule has 0 bridgehead atoms. The Balaban J connectivity index is 2.74. The normalized spacial score (nSPS) is 9.69. The molecule has 1 aromatic carbocycles. The van der Waals surface area contributed by atoms with Crippen LogP contribution < -0.4 is 5.73 Å². The minimum atomic E-state index is -0.294. The van der Waals surface area contributed by atoms with E-state index in [1.54, 1.807) is 12.1 Å². The Hall–Kier alpha value is -0.620. The molecule has 0 aromatic heterocycles. The largest absolute Gasteiger partial charge is 0.451 e. The van der Waals surface area contributed by atoms with E-state index in [1.165, 1.54) is 0 Å². The van der Waals surface area contributed by atoms with Gasteiger partial charge in [-0.15, -0.1) is 0 Å². The molecule has 1 rings (SSSR count). The van der Waals surface area contributed by atoms with Crippen LogP contribution in [0, 0.1) is 0 Å². The van der Waals surface area contributed by atoms with Gasteiger partial charge in [-0.05, 0) is 40.3 Å². The molecule has 0 fully saturated rings. The van der Waals surface area contributed by atoms with Gasteiger partial charge in [-0.2, -0.15) is 0 Å². The highest BCUT2D eigenvalue weighted by atomic mass is 127. The molecule has 0 heterocycles. The fourth-order valence-corrected chi connectivity index (χ4v) is 1.19. The van der Waals surface area contributed by atoms with E-state index >= 15 is 0 Å². The summed E-state index contributed by atoms with van der Waals surface area (Å²) in [5.74, 6) is -0.294. The molecule has 0 spiro atoms. The van der Waals surface area contributed by atoms with Gasteiger partial charge >= 0.3 is 5.97 Å². The van der Waals surface area contributed by atoms with Crippen LogP contribution in [-0.4, -0.2) is 10.6 Å². The van der Waals surface area contributed by atoms with Crippen LogP contribution in [0.4, 0.5) is 0 Å². The third-order valence-electron chi connectivity index (χ3n) is 1.61. The predicted octanol–water partition coefficient (Wildman–Crippen LogP) is 1.69. The molecular formula is C9H10INO2. The zero-order chi connectivity index (χ0) is 9.68. The summed E-state index contributed by atoms with van der Waals surface area (Å²) in [7, 11) is 0. The molecule has 1 aromatic rings. The number of hydrogen-bond donors (Lipinski definition) is 1. The van der Waals surface area contributed by atoms with E-state index in [0.717, 1.165) is 5.56 Å². The van der Waals surface area contributed by atoms with Crippen LogP contribution in [0.2, 0.25) is 0 Å². The molecule has 2 N–H and O–H groups in total. The molecule has 0 saturated heterocycles. The Morgan fingerprint density at radius 2 is 2.00 bits per heavy atom. The second-order valence-corrected chi connectivity index (χ2v) is 3.06. The fourth-order valence-electron chi connectivity index (χ4n) is 0.910. The van der Waals surface area contributed by atoms with Crippen LogP contribution in [0.3, 0.4) is 0 Å². The van der Waals surface area contributed by atoms with Gasteiger partial charge in [0.25, 0.3) is 0 Å². The Kier molecular flexibility index (Phi) is 4.17. The van der Waals surface area contributed by atoms with Gasteiger partial charge in [-0.3, -0.25) is 0 Å². The molecular weight excluding hydrogens is 281 g/mol. The second-order valence-electron chi connectivity index (χ2n) is 2.44. The van der Waals surface area contributed by atoms with Crippen molar-refractivity contribution in [3.63, 3.8) is 0 Å². The maximum absolute atomic E-state index is 11.2. The number of carbonyl (C=O) groups is 1. The Bertz CT molecular complexity index is 284. The van der Waals surface area contributed by atoms with Gasteiger partial charge in [0.05, 0.1) is 5.56 Å². The van der Waals surface area contributed by atoms with Crippen molar-refractivity contribution < 1.29 is 9.53 Å². The maximum atomic E-state index is 11.2. The van der Waals surface area contributed by atoms with E-state index in [9.17, 15) is 4.79 Å². The minimum Gasteiger partial charge on any atom is -0.451 e. The summed E-state index contributed by atoms with van der Waals surface area (Å²) in [5.41, 5.74) is 6.99. The van der Waals surface area contributed by atoms with Crippen molar-refractivity contribution in [2.75, 3.05) is 4.61 Å². The van der Waals surface area contributed by atoms with Crippen LogP contribution >= 0.6 is 22.6 Å². The van der Waals surface area contributed by atoms with Gasteiger partial charge in [0, 0.05) is 6.54 Å². The quantitative estimate of drug-likeness (QED) is 0.524. The number of rotatable bonds is 3. The van der Waals surface area contributed by atoms with Gasteiger partial charge in [0.2, 0.25) is 0 Å². The van der Waals surface area contributed by atoms with Crippen LogP contribution in [0.25, 0.3) is 0 Å². The van der Waals surface area contributed by atoms with Gasteiger partial charge in [0.15, 0.2) is 0 Å². The number of alkyl halides is 1. The van der Waals surface area contributed by atoms with Crippen LogP contribution in [0.5, 0.6) is 0 Å². The lowest BCUT2D eigenvalue weighted by Crippen LogP contribution is -2.04. The van der Waals surface area contributed by atoms with E-state index in [2.05, 4.69) is 0 Å². The SMILES string of the molecule is NCc1ccc(C(=O)OCI)cc1. The summed E-state index contributed by atoms with van der Waals surface area (Å²) in [6.07, 6.45) is 0. The number of halogens is 1. The standard InChI is InChI=1S/C9H10INO2/c10-6-13-9(12)8-3-1-7(5-11)2-4-8/h1-4H,5-6,11H2. The van der Waals surface area contributed by atoms with Crippen molar-refractivity contribution in [3.05, 3.63) is 35.4 Å². The van der Waals surface area contributed by atoms with Gasteiger partial charge in [0.1, 0.15) is 4.61 Å². The van der Waals surface area contributed by atoms with E-state index in [0.29, 0.717) is 16.7 Å². The summed E-state index contributed by atoms with van der Waals surface area (Å²) < 4.78 is 5.19. The molecule has 0 aliphatic carbocycles. The lowest BCUT2D eigenvalue weighted by atomic mass is 10.1. The Morgan fingerprint density at radius 3 is 2.46 bits per heavy atom. The van der Waals surface area contributed by atoms with Crippen molar-refractivity contribution in [1.29, 1.82) is 0 Å². The molecule has 0 unspecified atom stereocenters. The number of carbonyl (C=O) groups excluding carboxylic acids is 1. The highest BCUT2D eigenvalue weighted by Crippen LogP contribution is 2.05. The van der Waals surface area contributed by atoms with Crippen LogP contribution in [0.15, 0.2) is 24.3 Å². The summed E-state index contributed by atoms with van der Waals surface area (Å²) in [5, 5.41) is 0. The van der Waals surface area contributed by atoms with Crippen molar-refractivity contribution in [3.8, 4) is 0 Å². The van der Waals surface area contributed by atoms with E-state index < -0.39 is 0 Å². The Morgan fingerprint density at radius 1 is 1.38 bits per heavy atom. The van der Waals surface area contributed by atoms with E-state index in [1.807, 2.05) is 34.7 Å². The van der Waals surface area contributed by atoms with E-state index in [-0.39, 0.29) is 5.97 Å². The smallest absolute Gasteiger partial charge is 0.338 e. The highest BCUT2D eigenvalue weighted by molar-refractivity contribution is 14.1. The first-order chi connectivity index (χ1) is 6.27. The number of hydrogen-bond acceptors (Lipinski definition) is 3. The summed E-state index contributed by atoms with van der Waals surface area (Å²) in [6.45, 7) is 0.488. The molecule has 0 saturated carbocycles. The monoisotopic (exact) mass is 291 g/mol. The molecule has 0 atom stereocenters. The first kappa shape index (κ1) is 10.5. The summed E-state index contributed by atoms with van der Waals surface area (Å²) in [6, 6.07) is 7.08. The Labute approximate surface area is 90.4 Å². The molecule has 0 radical (unpaired) electrons. The average molecular weight is 291 g/mol. The third-order valence-corrected chi connectivity index (χ3v) is 1.92. The first-order valence-electron chi connectivity index (χ1n) is 3.80. The van der Waals surface area contributed by atoms with Gasteiger partial charge in [-0.1, -0.05) is 12.1 Å². The molecule has 3 nitrogen and oxygen atoms in total. The van der Waals surface area contributed by atoms with Crippen molar-refractivity contribution in [2.45, 2.75) is 6.54 Å². The number of ether oxygens (including phenoxy) is 1. The molecule has 4 heteroatoms.